The summed E-state index contributed by atoms with van der Waals surface area (Å²) in [5.41, 5.74) is 1.15. The zero-order valence-corrected chi connectivity index (χ0v) is 11.5. The molecular formula is C15H16N2OS. The number of rotatable bonds is 2. The van der Waals surface area contributed by atoms with E-state index in [-0.39, 0.29) is 5.91 Å². The summed E-state index contributed by atoms with van der Waals surface area (Å²) in [5.74, 6) is 1.40. The highest BCUT2D eigenvalue weighted by atomic mass is 32.2. The molecule has 0 spiro atoms. The number of likely N-dealkylation sites (tertiary alicyclic amines) is 1. The number of thioether (sulfide) groups is 1. The lowest BCUT2D eigenvalue weighted by Gasteiger charge is -2.27. The Morgan fingerprint density at radius 1 is 1.32 bits per heavy atom. The molecule has 19 heavy (non-hydrogen) atoms. The fourth-order valence-electron chi connectivity index (χ4n) is 3.22. The molecule has 2 saturated heterocycles. The van der Waals surface area contributed by atoms with Crippen molar-refractivity contribution in [1.82, 2.24) is 9.47 Å². The predicted octanol–water partition coefficient (Wildman–Crippen LogP) is 2.36. The van der Waals surface area contributed by atoms with Crippen LogP contribution in [0.15, 0.2) is 36.5 Å². The van der Waals surface area contributed by atoms with Crippen LogP contribution in [0.2, 0.25) is 0 Å². The Balaban J connectivity index is 1.56. The van der Waals surface area contributed by atoms with Crippen LogP contribution in [0.3, 0.4) is 0 Å². The highest BCUT2D eigenvalue weighted by molar-refractivity contribution is 8.00. The highest BCUT2D eigenvalue weighted by Crippen LogP contribution is 2.37. The minimum atomic E-state index is 0.272. The molecule has 2 bridgehead atoms. The maximum atomic E-state index is 12.4. The van der Waals surface area contributed by atoms with Gasteiger partial charge < -0.3 is 9.47 Å². The normalized spacial score (nSPS) is 25.4. The molecular weight excluding hydrogens is 256 g/mol. The average molecular weight is 272 g/mol. The Bertz CT molecular complexity index is 636. The fraction of sp³-hybridized carbons (Fsp3) is 0.400. The van der Waals surface area contributed by atoms with E-state index in [9.17, 15) is 4.79 Å². The molecule has 0 unspecified atom stereocenters. The number of carbonyl (C=O) groups excluding carboxylic acids is 1. The summed E-state index contributed by atoms with van der Waals surface area (Å²) in [4.78, 5) is 14.5. The molecule has 0 radical (unpaired) electrons. The van der Waals surface area contributed by atoms with E-state index >= 15 is 0 Å². The van der Waals surface area contributed by atoms with Gasteiger partial charge in [-0.25, -0.2) is 0 Å². The third-order valence-electron chi connectivity index (χ3n) is 4.21. The maximum absolute atomic E-state index is 12.4. The Labute approximate surface area is 116 Å². The van der Waals surface area contributed by atoms with Gasteiger partial charge in [-0.05, 0) is 23.9 Å². The number of hydrogen-bond donors (Lipinski definition) is 0. The SMILES string of the molecule is O=C(Cn1ccc2ccccc21)N1C[C@H]2C[C@H]1CS2. The Morgan fingerprint density at radius 3 is 3.00 bits per heavy atom. The Kier molecular flexibility index (Phi) is 2.58. The van der Waals surface area contributed by atoms with E-state index in [1.54, 1.807) is 0 Å². The van der Waals surface area contributed by atoms with E-state index in [1.807, 2.05) is 30.1 Å². The van der Waals surface area contributed by atoms with Crippen molar-refractivity contribution in [3.8, 4) is 0 Å². The first kappa shape index (κ1) is 11.4. The van der Waals surface area contributed by atoms with Gasteiger partial charge in [0.15, 0.2) is 0 Å². The molecule has 4 heteroatoms. The van der Waals surface area contributed by atoms with E-state index in [1.165, 1.54) is 11.8 Å². The number of fused-ring (bicyclic) bond motifs is 3. The zero-order valence-electron chi connectivity index (χ0n) is 10.7. The van der Waals surface area contributed by atoms with Crippen molar-refractivity contribution in [2.75, 3.05) is 12.3 Å². The lowest BCUT2D eigenvalue weighted by Crippen LogP contribution is -2.40. The van der Waals surface area contributed by atoms with Crippen molar-refractivity contribution in [3.63, 3.8) is 0 Å². The Hall–Kier alpha value is -1.42. The van der Waals surface area contributed by atoms with Crippen molar-refractivity contribution in [3.05, 3.63) is 36.5 Å². The number of nitrogens with zero attached hydrogens (tertiary/aromatic N) is 2. The minimum Gasteiger partial charge on any atom is -0.338 e. The van der Waals surface area contributed by atoms with Crippen LogP contribution in [0.5, 0.6) is 0 Å². The number of aromatic nitrogens is 1. The summed E-state index contributed by atoms with van der Waals surface area (Å²) in [6.07, 6.45) is 3.22. The van der Waals surface area contributed by atoms with Crippen LogP contribution in [0.1, 0.15) is 6.42 Å². The summed E-state index contributed by atoms with van der Waals surface area (Å²) in [6.45, 7) is 1.43. The van der Waals surface area contributed by atoms with Crippen molar-refractivity contribution >= 4 is 28.6 Å². The number of amides is 1. The van der Waals surface area contributed by atoms with Crippen LogP contribution in [0, 0.1) is 0 Å². The molecule has 2 fully saturated rings. The molecule has 1 aromatic heterocycles. The monoisotopic (exact) mass is 272 g/mol. The number of benzene rings is 1. The first-order valence-electron chi connectivity index (χ1n) is 6.76. The standard InChI is InChI=1S/C15H16N2OS/c18-15(17-8-13-7-12(17)10-19-13)9-16-6-5-11-3-1-2-4-14(11)16/h1-6,12-13H,7-10H2/t12-,13+/m0/s1. The van der Waals surface area contributed by atoms with Gasteiger partial charge in [0.2, 0.25) is 5.91 Å². The minimum absolute atomic E-state index is 0.272. The van der Waals surface area contributed by atoms with E-state index in [0.717, 1.165) is 17.8 Å². The number of hydrogen-bond acceptors (Lipinski definition) is 2. The highest BCUT2D eigenvalue weighted by Gasteiger charge is 2.40. The Morgan fingerprint density at radius 2 is 2.21 bits per heavy atom. The van der Waals surface area contributed by atoms with Crippen LogP contribution in [0.25, 0.3) is 10.9 Å². The third-order valence-corrected chi connectivity index (χ3v) is 5.60. The molecule has 2 aliphatic rings. The quantitative estimate of drug-likeness (QED) is 0.838. The molecule has 2 atom stereocenters. The topological polar surface area (TPSA) is 25.2 Å². The van der Waals surface area contributed by atoms with Crippen LogP contribution in [-0.2, 0) is 11.3 Å². The van der Waals surface area contributed by atoms with Gasteiger partial charge in [-0.1, -0.05) is 18.2 Å². The summed E-state index contributed by atoms with van der Waals surface area (Å²) < 4.78 is 2.07. The van der Waals surface area contributed by atoms with Gasteiger partial charge in [0.1, 0.15) is 6.54 Å². The maximum Gasteiger partial charge on any atom is 0.242 e. The van der Waals surface area contributed by atoms with Gasteiger partial charge in [-0.3, -0.25) is 4.79 Å². The second-order valence-corrected chi connectivity index (χ2v) is 6.73. The van der Waals surface area contributed by atoms with Crippen molar-refractivity contribution in [2.45, 2.75) is 24.3 Å². The van der Waals surface area contributed by atoms with E-state index < -0.39 is 0 Å². The number of carbonyl (C=O) groups is 1. The molecule has 3 nitrogen and oxygen atoms in total. The van der Waals surface area contributed by atoms with Crippen LogP contribution in [-0.4, -0.2) is 39.0 Å². The number of para-hydroxylation sites is 1. The summed E-state index contributed by atoms with van der Waals surface area (Å²) in [6, 6.07) is 10.8. The first-order valence-corrected chi connectivity index (χ1v) is 7.81. The molecule has 4 rings (SSSR count). The smallest absolute Gasteiger partial charge is 0.242 e. The summed E-state index contributed by atoms with van der Waals surface area (Å²) in [5, 5.41) is 1.89. The van der Waals surface area contributed by atoms with Crippen LogP contribution >= 0.6 is 11.8 Å². The van der Waals surface area contributed by atoms with Crippen molar-refractivity contribution in [1.29, 1.82) is 0 Å². The molecule has 1 amide bonds. The molecule has 0 aliphatic carbocycles. The molecule has 0 N–H and O–H groups in total. The van der Waals surface area contributed by atoms with E-state index in [2.05, 4.69) is 27.7 Å². The third kappa shape index (κ3) is 1.86. The molecule has 2 aliphatic heterocycles. The van der Waals surface area contributed by atoms with Crippen molar-refractivity contribution < 1.29 is 4.79 Å². The van der Waals surface area contributed by atoms with E-state index in [0.29, 0.717) is 17.8 Å². The van der Waals surface area contributed by atoms with Gasteiger partial charge >= 0.3 is 0 Å². The zero-order chi connectivity index (χ0) is 12.8. The fourth-order valence-corrected chi connectivity index (χ4v) is 4.65. The van der Waals surface area contributed by atoms with Crippen molar-refractivity contribution in [2.24, 2.45) is 0 Å². The molecule has 98 valence electrons. The lowest BCUT2D eigenvalue weighted by atomic mass is 10.2. The second kappa shape index (κ2) is 4.30. The molecule has 3 heterocycles. The van der Waals surface area contributed by atoms with Crippen LogP contribution < -0.4 is 0 Å². The van der Waals surface area contributed by atoms with Gasteiger partial charge in [0.05, 0.1) is 0 Å². The summed E-state index contributed by atoms with van der Waals surface area (Å²) >= 11 is 2.02. The molecule has 0 saturated carbocycles. The van der Waals surface area contributed by atoms with Gasteiger partial charge in [-0.2, -0.15) is 11.8 Å². The lowest BCUT2D eigenvalue weighted by molar-refractivity contribution is -0.132. The van der Waals surface area contributed by atoms with Gasteiger partial charge in [-0.15, -0.1) is 0 Å². The molecule has 2 aromatic rings. The molecule has 1 aromatic carbocycles. The van der Waals surface area contributed by atoms with Gasteiger partial charge in [0.25, 0.3) is 0 Å². The van der Waals surface area contributed by atoms with E-state index in [4.69, 9.17) is 0 Å². The second-order valence-electron chi connectivity index (χ2n) is 5.39. The summed E-state index contributed by atoms with van der Waals surface area (Å²) in [7, 11) is 0. The first-order chi connectivity index (χ1) is 9.31. The van der Waals surface area contributed by atoms with Gasteiger partial charge in [0, 0.05) is 35.3 Å². The predicted molar refractivity (Wildman–Crippen MR) is 78.3 cm³/mol. The average Bonchev–Trinajstić information content (AvgIpc) is 3.14. The van der Waals surface area contributed by atoms with Crippen LogP contribution in [0.4, 0.5) is 0 Å². The largest absolute Gasteiger partial charge is 0.338 e.